The van der Waals surface area contributed by atoms with Gasteiger partial charge in [0.25, 0.3) is 15.7 Å². The standard InChI is InChI=1S/C10H8ClN3O4S2/c11-10-12-6-9(19-10)20(17,18)13-5-7-2-1-3-8(4-7)14(15)16/h1-4,6,13H,5H2. The summed E-state index contributed by atoms with van der Waals surface area (Å²) in [6.07, 6.45) is 1.16. The van der Waals surface area contributed by atoms with Gasteiger partial charge < -0.3 is 0 Å². The van der Waals surface area contributed by atoms with Gasteiger partial charge in [0.05, 0.1) is 11.1 Å². The van der Waals surface area contributed by atoms with Crippen LogP contribution < -0.4 is 4.72 Å². The number of hydrogen-bond donors (Lipinski definition) is 1. The molecule has 0 aliphatic rings. The van der Waals surface area contributed by atoms with E-state index in [0.29, 0.717) is 5.56 Å². The Morgan fingerprint density at radius 1 is 1.45 bits per heavy atom. The molecule has 0 saturated carbocycles. The lowest BCUT2D eigenvalue weighted by molar-refractivity contribution is -0.384. The van der Waals surface area contributed by atoms with Crippen LogP contribution in [0.15, 0.2) is 34.7 Å². The quantitative estimate of drug-likeness (QED) is 0.667. The maximum atomic E-state index is 11.9. The summed E-state index contributed by atoms with van der Waals surface area (Å²) in [4.78, 5) is 13.7. The zero-order valence-electron chi connectivity index (χ0n) is 9.82. The lowest BCUT2D eigenvalue weighted by Crippen LogP contribution is -2.22. The molecule has 20 heavy (non-hydrogen) atoms. The number of nitro groups is 1. The van der Waals surface area contributed by atoms with Crippen molar-refractivity contribution in [1.29, 1.82) is 0 Å². The second kappa shape index (κ2) is 5.83. The molecule has 0 bridgehead atoms. The number of sulfonamides is 1. The Bertz CT molecular complexity index is 744. The maximum Gasteiger partial charge on any atom is 0.269 e. The van der Waals surface area contributed by atoms with Crippen LogP contribution in [0.4, 0.5) is 5.69 Å². The Balaban J connectivity index is 2.12. The molecular formula is C10H8ClN3O4S2. The van der Waals surface area contributed by atoms with Crippen LogP contribution in [0.1, 0.15) is 5.56 Å². The summed E-state index contributed by atoms with van der Waals surface area (Å²) in [7, 11) is -3.72. The van der Waals surface area contributed by atoms with Crippen LogP contribution in [0.2, 0.25) is 4.47 Å². The molecule has 1 N–H and O–H groups in total. The summed E-state index contributed by atoms with van der Waals surface area (Å²) >= 11 is 6.41. The number of non-ortho nitro benzene ring substituents is 1. The molecule has 0 spiro atoms. The van der Waals surface area contributed by atoms with Crippen LogP contribution in [-0.4, -0.2) is 18.3 Å². The Morgan fingerprint density at radius 2 is 2.20 bits per heavy atom. The molecule has 0 amide bonds. The normalized spacial score (nSPS) is 11.4. The van der Waals surface area contributed by atoms with Crippen molar-refractivity contribution < 1.29 is 13.3 Å². The van der Waals surface area contributed by atoms with Crippen LogP contribution in [-0.2, 0) is 16.6 Å². The Labute approximate surface area is 123 Å². The zero-order chi connectivity index (χ0) is 14.8. The highest BCUT2D eigenvalue weighted by molar-refractivity contribution is 7.91. The van der Waals surface area contributed by atoms with E-state index in [1.165, 1.54) is 18.2 Å². The highest BCUT2D eigenvalue weighted by Crippen LogP contribution is 2.22. The number of halogens is 1. The highest BCUT2D eigenvalue weighted by Gasteiger charge is 2.17. The number of nitro benzene ring substituents is 1. The average Bonchev–Trinajstić information content (AvgIpc) is 2.84. The topological polar surface area (TPSA) is 102 Å². The summed E-state index contributed by atoms with van der Waals surface area (Å²) in [5.41, 5.74) is 0.390. The number of benzene rings is 1. The van der Waals surface area contributed by atoms with Crippen LogP contribution in [0, 0.1) is 10.1 Å². The zero-order valence-corrected chi connectivity index (χ0v) is 12.2. The van der Waals surface area contributed by atoms with Crippen molar-refractivity contribution >= 4 is 38.6 Å². The van der Waals surface area contributed by atoms with Gasteiger partial charge in [-0.25, -0.2) is 18.1 Å². The van der Waals surface area contributed by atoms with E-state index in [1.807, 2.05) is 0 Å². The van der Waals surface area contributed by atoms with E-state index in [-0.39, 0.29) is 20.9 Å². The molecule has 0 saturated heterocycles. The number of hydrogen-bond acceptors (Lipinski definition) is 6. The molecule has 1 aromatic carbocycles. The number of nitrogens with one attached hydrogen (secondary N) is 1. The van der Waals surface area contributed by atoms with Gasteiger partial charge in [-0.15, -0.1) is 0 Å². The Hall–Kier alpha value is -1.55. The molecule has 0 aliphatic heterocycles. The third-order valence-corrected chi connectivity index (χ3v) is 5.29. The lowest BCUT2D eigenvalue weighted by Gasteiger charge is -2.04. The predicted octanol–water partition coefficient (Wildman–Crippen LogP) is 2.18. The first-order valence-corrected chi connectivity index (χ1v) is 7.90. The van der Waals surface area contributed by atoms with Gasteiger partial charge in [0.15, 0.2) is 8.68 Å². The van der Waals surface area contributed by atoms with E-state index in [1.54, 1.807) is 6.07 Å². The largest absolute Gasteiger partial charge is 0.269 e. The fraction of sp³-hybridized carbons (Fsp3) is 0.100. The van der Waals surface area contributed by atoms with Crippen molar-refractivity contribution in [2.24, 2.45) is 0 Å². The van der Waals surface area contributed by atoms with E-state index in [2.05, 4.69) is 9.71 Å². The third kappa shape index (κ3) is 3.51. The van der Waals surface area contributed by atoms with Gasteiger partial charge in [0, 0.05) is 18.7 Å². The summed E-state index contributed by atoms with van der Waals surface area (Å²) in [5, 5.41) is 10.6. The lowest BCUT2D eigenvalue weighted by atomic mass is 10.2. The molecule has 2 aromatic rings. The van der Waals surface area contributed by atoms with Gasteiger partial charge >= 0.3 is 0 Å². The summed E-state index contributed by atoms with van der Waals surface area (Å²) < 4.78 is 26.3. The molecular weight excluding hydrogens is 326 g/mol. The predicted molar refractivity (Wildman–Crippen MR) is 74.2 cm³/mol. The van der Waals surface area contributed by atoms with Gasteiger partial charge in [-0.05, 0) is 5.56 Å². The SMILES string of the molecule is O=[N+]([O-])c1cccc(CNS(=O)(=O)c2cnc(Cl)s2)c1. The molecule has 0 radical (unpaired) electrons. The average molecular weight is 334 g/mol. The van der Waals surface area contributed by atoms with Gasteiger partial charge in [-0.2, -0.15) is 0 Å². The molecule has 2 rings (SSSR count). The van der Waals surface area contributed by atoms with Crippen molar-refractivity contribution in [3.63, 3.8) is 0 Å². The molecule has 0 aliphatic carbocycles. The molecule has 0 fully saturated rings. The van der Waals surface area contributed by atoms with E-state index < -0.39 is 14.9 Å². The van der Waals surface area contributed by atoms with Gasteiger partial charge in [-0.1, -0.05) is 35.1 Å². The van der Waals surface area contributed by atoms with E-state index in [0.717, 1.165) is 17.5 Å². The Kier molecular flexibility index (Phi) is 4.33. The van der Waals surface area contributed by atoms with Crippen molar-refractivity contribution in [1.82, 2.24) is 9.71 Å². The minimum atomic E-state index is -3.72. The molecule has 10 heteroatoms. The van der Waals surface area contributed by atoms with Crippen LogP contribution >= 0.6 is 22.9 Å². The van der Waals surface area contributed by atoms with Crippen LogP contribution in [0.25, 0.3) is 0 Å². The smallest absolute Gasteiger partial charge is 0.258 e. The third-order valence-electron chi connectivity index (χ3n) is 2.31. The second-order valence-corrected chi connectivity index (χ2v) is 7.29. The number of aromatic nitrogens is 1. The minimum Gasteiger partial charge on any atom is -0.258 e. The maximum absolute atomic E-state index is 11.9. The minimum absolute atomic E-state index is 0.00655. The van der Waals surface area contributed by atoms with Gasteiger partial charge in [-0.3, -0.25) is 10.1 Å². The fourth-order valence-electron chi connectivity index (χ4n) is 1.39. The van der Waals surface area contributed by atoms with Crippen molar-refractivity contribution in [2.75, 3.05) is 0 Å². The second-order valence-electron chi connectivity index (χ2n) is 3.68. The van der Waals surface area contributed by atoms with Crippen molar-refractivity contribution in [2.45, 2.75) is 10.8 Å². The molecule has 0 unspecified atom stereocenters. The summed E-state index contributed by atoms with van der Waals surface area (Å²) in [6, 6.07) is 5.73. The molecule has 1 aromatic heterocycles. The van der Waals surface area contributed by atoms with Crippen molar-refractivity contribution in [3.8, 4) is 0 Å². The number of rotatable bonds is 5. The molecule has 7 nitrogen and oxygen atoms in total. The van der Waals surface area contributed by atoms with E-state index >= 15 is 0 Å². The summed E-state index contributed by atoms with van der Waals surface area (Å²) in [6.45, 7) is -0.0560. The first-order valence-electron chi connectivity index (χ1n) is 5.23. The number of thiazole rings is 1. The van der Waals surface area contributed by atoms with Crippen molar-refractivity contribution in [3.05, 3.63) is 50.6 Å². The highest BCUT2D eigenvalue weighted by atomic mass is 35.5. The van der Waals surface area contributed by atoms with E-state index in [4.69, 9.17) is 11.6 Å². The number of nitrogens with zero attached hydrogens (tertiary/aromatic N) is 2. The summed E-state index contributed by atoms with van der Waals surface area (Å²) in [5.74, 6) is 0. The van der Waals surface area contributed by atoms with Crippen LogP contribution in [0.5, 0.6) is 0 Å². The Morgan fingerprint density at radius 3 is 2.80 bits per heavy atom. The van der Waals surface area contributed by atoms with E-state index in [9.17, 15) is 18.5 Å². The first-order chi connectivity index (χ1) is 9.38. The van der Waals surface area contributed by atoms with Crippen LogP contribution in [0.3, 0.4) is 0 Å². The van der Waals surface area contributed by atoms with Gasteiger partial charge in [0.1, 0.15) is 0 Å². The first kappa shape index (κ1) is 14.9. The molecule has 0 atom stereocenters. The molecule has 106 valence electrons. The molecule has 1 heterocycles. The fourth-order valence-corrected chi connectivity index (χ4v) is 3.75. The monoisotopic (exact) mass is 333 g/mol. The van der Waals surface area contributed by atoms with Gasteiger partial charge in [0.2, 0.25) is 0 Å².